The first-order chi connectivity index (χ1) is 9.63. The van der Waals surface area contributed by atoms with Crippen molar-refractivity contribution in [3.05, 3.63) is 29.3 Å². The third-order valence-corrected chi connectivity index (χ3v) is 4.96. The van der Waals surface area contributed by atoms with Gasteiger partial charge in [0, 0.05) is 35.7 Å². The van der Waals surface area contributed by atoms with Gasteiger partial charge in [0.15, 0.2) is 11.0 Å². The smallest absolute Gasteiger partial charge is 0.191 e. The van der Waals surface area contributed by atoms with Gasteiger partial charge in [-0.2, -0.15) is 0 Å². The molecule has 0 radical (unpaired) electrons. The number of thioether (sulfide) groups is 1. The Bertz CT molecular complexity index is 638. The van der Waals surface area contributed by atoms with Crippen molar-refractivity contribution in [3.8, 4) is 11.4 Å². The molecule has 1 aliphatic rings. The summed E-state index contributed by atoms with van der Waals surface area (Å²) in [5.74, 6) is 1.16. The van der Waals surface area contributed by atoms with E-state index in [1.54, 1.807) is 11.8 Å². The van der Waals surface area contributed by atoms with Crippen LogP contribution in [0.15, 0.2) is 29.4 Å². The molecule has 20 heavy (non-hydrogen) atoms. The number of ketones is 1. The van der Waals surface area contributed by atoms with Crippen LogP contribution in [-0.2, 0) is 11.8 Å². The molecule has 1 atom stereocenters. The van der Waals surface area contributed by atoms with E-state index in [1.807, 2.05) is 35.9 Å². The molecule has 104 valence electrons. The van der Waals surface area contributed by atoms with Gasteiger partial charge in [0.05, 0.1) is 0 Å². The number of rotatable bonds is 3. The largest absolute Gasteiger partial charge is 0.305 e. The zero-order valence-corrected chi connectivity index (χ0v) is 12.6. The number of hydrogen-bond donors (Lipinski definition) is 0. The summed E-state index contributed by atoms with van der Waals surface area (Å²) in [4.78, 5) is 11.3. The lowest BCUT2D eigenvalue weighted by molar-refractivity contribution is -0.117. The van der Waals surface area contributed by atoms with Crippen LogP contribution < -0.4 is 0 Å². The van der Waals surface area contributed by atoms with E-state index in [4.69, 9.17) is 11.6 Å². The predicted octanol–water partition coefficient (Wildman–Crippen LogP) is 3.35. The van der Waals surface area contributed by atoms with E-state index in [1.165, 1.54) is 0 Å². The summed E-state index contributed by atoms with van der Waals surface area (Å²) in [6.45, 7) is 0. The number of benzene rings is 1. The lowest BCUT2D eigenvalue weighted by Crippen LogP contribution is -2.01. The van der Waals surface area contributed by atoms with Gasteiger partial charge in [-0.05, 0) is 30.7 Å². The maximum atomic E-state index is 11.3. The fraction of sp³-hybridized carbons (Fsp3) is 0.357. The second-order valence-corrected chi connectivity index (χ2v) is 6.60. The van der Waals surface area contributed by atoms with Gasteiger partial charge in [0.1, 0.15) is 5.78 Å². The molecule has 1 unspecified atom stereocenters. The van der Waals surface area contributed by atoms with Crippen LogP contribution in [0.4, 0.5) is 0 Å². The van der Waals surface area contributed by atoms with Gasteiger partial charge in [-0.25, -0.2) is 0 Å². The number of aromatic nitrogens is 3. The molecule has 0 N–H and O–H groups in total. The summed E-state index contributed by atoms with van der Waals surface area (Å²) in [5.41, 5.74) is 0.985. The average Bonchev–Trinajstić information content (AvgIpc) is 2.99. The Morgan fingerprint density at radius 1 is 1.30 bits per heavy atom. The highest BCUT2D eigenvalue weighted by atomic mass is 35.5. The van der Waals surface area contributed by atoms with Gasteiger partial charge < -0.3 is 4.57 Å². The highest BCUT2D eigenvalue weighted by Crippen LogP contribution is 2.33. The van der Waals surface area contributed by atoms with Crippen molar-refractivity contribution in [3.63, 3.8) is 0 Å². The van der Waals surface area contributed by atoms with E-state index in [9.17, 15) is 4.79 Å². The molecule has 1 saturated carbocycles. The molecule has 1 fully saturated rings. The second kappa shape index (κ2) is 5.58. The number of carbonyl (C=O) groups excluding carboxylic acids is 1. The molecule has 1 aliphatic carbocycles. The van der Waals surface area contributed by atoms with Crippen LogP contribution in [0.25, 0.3) is 11.4 Å². The topological polar surface area (TPSA) is 47.8 Å². The molecule has 0 spiro atoms. The van der Waals surface area contributed by atoms with Gasteiger partial charge in [0.25, 0.3) is 0 Å². The van der Waals surface area contributed by atoms with Crippen LogP contribution in [0.5, 0.6) is 0 Å². The van der Waals surface area contributed by atoms with Gasteiger partial charge in [-0.15, -0.1) is 10.2 Å². The Kier molecular flexibility index (Phi) is 3.81. The van der Waals surface area contributed by atoms with E-state index in [0.29, 0.717) is 28.9 Å². The normalized spacial score (nSPS) is 18.7. The first-order valence-corrected chi connectivity index (χ1v) is 7.73. The van der Waals surface area contributed by atoms with Crippen molar-refractivity contribution >= 4 is 29.1 Å². The molecule has 2 aromatic rings. The number of halogens is 1. The zero-order chi connectivity index (χ0) is 14.1. The van der Waals surface area contributed by atoms with Crippen LogP contribution in [-0.4, -0.2) is 25.8 Å². The van der Waals surface area contributed by atoms with Crippen molar-refractivity contribution in [2.24, 2.45) is 7.05 Å². The van der Waals surface area contributed by atoms with Crippen LogP contribution in [0, 0.1) is 0 Å². The van der Waals surface area contributed by atoms with Crippen molar-refractivity contribution in [1.29, 1.82) is 0 Å². The summed E-state index contributed by atoms with van der Waals surface area (Å²) in [7, 11) is 1.95. The van der Waals surface area contributed by atoms with Crippen LogP contribution in [0.1, 0.15) is 19.3 Å². The van der Waals surface area contributed by atoms with E-state index in [-0.39, 0.29) is 0 Å². The van der Waals surface area contributed by atoms with Crippen molar-refractivity contribution < 1.29 is 4.79 Å². The Labute approximate surface area is 126 Å². The summed E-state index contributed by atoms with van der Waals surface area (Å²) in [6, 6.07) is 7.54. The number of carbonyl (C=O) groups is 1. The Balaban J connectivity index is 1.81. The second-order valence-electron chi connectivity index (χ2n) is 4.89. The Morgan fingerprint density at radius 3 is 2.70 bits per heavy atom. The summed E-state index contributed by atoms with van der Waals surface area (Å²) >= 11 is 7.53. The van der Waals surface area contributed by atoms with Crippen molar-refractivity contribution in [2.45, 2.75) is 29.7 Å². The van der Waals surface area contributed by atoms with Crippen LogP contribution >= 0.6 is 23.4 Å². The third-order valence-electron chi connectivity index (χ3n) is 3.41. The van der Waals surface area contributed by atoms with E-state index in [2.05, 4.69) is 10.2 Å². The minimum Gasteiger partial charge on any atom is -0.305 e. The maximum absolute atomic E-state index is 11.3. The van der Waals surface area contributed by atoms with Crippen LogP contribution in [0.2, 0.25) is 5.02 Å². The molecular weight excluding hydrogens is 294 g/mol. The van der Waals surface area contributed by atoms with Gasteiger partial charge in [-0.1, -0.05) is 23.4 Å². The molecule has 1 aromatic carbocycles. The molecule has 1 heterocycles. The molecular formula is C14H14ClN3OS. The lowest BCUT2D eigenvalue weighted by atomic mass is 10.2. The van der Waals surface area contributed by atoms with Gasteiger partial charge >= 0.3 is 0 Å². The summed E-state index contributed by atoms with van der Waals surface area (Å²) in [6.07, 6.45) is 2.28. The highest BCUT2D eigenvalue weighted by Gasteiger charge is 2.25. The molecule has 4 nitrogen and oxygen atoms in total. The first kappa shape index (κ1) is 13.6. The molecule has 0 bridgehead atoms. The maximum Gasteiger partial charge on any atom is 0.191 e. The SMILES string of the molecule is Cn1c(SC2CCC(=O)C2)nnc1-c1ccc(Cl)cc1. The standard InChI is InChI=1S/C14H14ClN3OS/c1-18-13(9-2-4-10(15)5-3-9)16-17-14(18)20-12-7-6-11(19)8-12/h2-5,12H,6-8H2,1H3. The number of nitrogens with zero attached hydrogens (tertiary/aromatic N) is 3. The average molecular weight is 308 g/mol. The molecule has 0 aliphatic heterocycles. The molecule has 6 heteroatoms. The monoisotopic (exact) mass is 307 g/mol. The van der Waals surface area contributed by atoms with E-state index >= 15 is 0 Å². The third kappa shape index (κ3) is 2.74. The van der Waals surface area contributed by atoms with Gasteiger partial charge in [0.2, 0.25) is 0 Å². The number of Topliss-reactive ketones (excluding diaryl/α,β-unsaturated/α-hetero) is 1. The lowest BCUT2D eigenvalue weighted by Gasteiger charge is -2.07. The van der Waals surface area contributed by atoms with Crippen LogP contribution in [0.3, 0.4) is 0 Å². The molecule has 0 amide bonds. The fourth-order valence-corrected chi connectivity index (χ4v) is 3.56. The molecule has 3 rings (SSSR count). The van der Waals surface area contributed by atoms with E-state index < -0.39 is 0 Å². The minimum absolute atomic E-state index is 0.337. The quantitative estimate of drug-likeness (QED) is 0.872. The predicted molar refractivity (Wildman–Crippen MR) is 80.0 cm³/mol. The Morgan fingerprint density at radius 2 is 2.05 bits per heavy atom. The zero-order valence-electron chi connectivity index (χ0n) is 11.0. The van der Waals surface area contributed by atoms with E-state index in [0.717, 1.165) is 23.0 Å². The minimum atomic E-state index is 0.337. The van der Waals surface area contributed by atoms with Crippen molar-refractivity contribution in [2.75, 3.05) is 0 Å². The van der Waals surface area contributed by atoms with Crippen molar-refractivity contribution in [1.82, 2.24) is 14.8 Å². The molecule has 1 aromatic heterocycles. The Hall–Kier alpha value is -1.33. The first-order valence-electron chi connectivity index (χ1n) is 6.47. The van der Waals surface area contributed by atoms with Gasteiger partial charge in [-0.3, -0.25) is 4.79 Å². The fourth-order valence-electron chi connectivity index (χ4n) is 2.30. The summed E-state index contributed by atoms with van der Waals surface area (Å²) in [5, 5.41) is 10.4. The number of hydrogen-bond acceptors (Lipinski definition) is 4. The summed E-state index contributed by atoms with van der Waals surface area (Å²) < 4.78 is 1.97. The molecule has 0 saturated heterocycles. The highest BCUT2D eigenvalue weighted by molar-refractivity contribution is 7.99.